The lowest BCUT2D eigenvalue weighted by Crippen LogP contribution is -2.28. The maximum absolute atomic E-state index is 11.8. The topological polar surface area (TPSA) is 97.1 Å². The third-order valence-electron chi connectivity index (χ3n) is 2.75. The molecule has 0 aliphatic carbocycles. The molecule has 0 aromatic carbocycles. The molecule has 0 bridgehead atoms. The van der Waals surface area contributed by atoms with Crippen molar-refractivity contribution in [3.05, 3.63) is 11.1 Å². The van der Waals surface area contributed by atoms with E-state index in [1.165, 1.54) is 11.3 Å². The lowest BCUT2D eigenvalue weighted by Gasteiger charge is -2.15. The molecule has 7 heteroatoms. The molecule has 0 aliphatic rings. The number of anilines is 1. The van der Waals surface area contributed by atoms with E-state index < -0.39 is 5.41 Å². The van der Waals surface area contributed by atoms with Crippen molar-refractivity contribution in [1.29, 1.82) is 0 Å². The first-order valence-corrected chi connectivity index (χ1v) is 7.93. The Bertz CT molecular complexity index is 480. The summed E-state index contributed by atoms with van der Waals surface area (Å²) in [5, 5.41) is 7.90. The van der Waals surface area contributed by atoms with Crippen LogP contribution in [0.25, 0.3) is 0 Å². The van der Waals surface area contributed by atoms with Crippen LogP contribution in [0.2, 0.25) is 0 Å². The minimum Gasteiger partial charge on any atom is -0.356 e. The number of unbranched alkanes of at least 4 members (excludes halogenated alkanes) is 1. The summed E-state index contributed by atoms with van der Waals surface area (Å²) in [6, 6.07) is 0. The van der Waals surface area contributed by atoms with Gasteiger partial charge >= 0.3 is 0 Å². The highest BCUT2D eigenvalue weighted by atomic mass is 32.1. The van der Waals surface area contributed by atoms with Crippen LogP contribution in [-0.4, -0.2) is 29.9 Å². The first kappa shape index (κ1) is 17.6. The average molecular weight is 312 g/mol. The molecule has 6 nitrogen and oxygen atoms in total. The Hall–Kier alpha value is -1.47. The van der Waals surface area contributed by atoms with Crippen LogP contribution in [0.3, 0.4) is 0 Å². The van der Waals surface area contributed by atoms with Crippen molar-refractivity contribution in [2.75, 3.05) is 18.4 Å². The van der Waals surface area contributed by atoms with Gasteiger partial charge in [-0.15, -0.1) is 11.3 Å². The number of amides is 2. The molecule has 21 heavy (non-hydrogen) atoms. The van der Waals surface area contributed by atoms with Gasteiger partial charge in [0, 0.05) is 17.3 Å². The highest BCUT2D eigenvalue weighted by Crippen LogP contribution is 2.20. The monoisotopic (exact) mass is 312 g/mol. The standard InChI is InChI=1S/C14H24N4O2S/c1-14(2,3)12(20)18-13-17-10(9-21-13)8-11(19)16-7-5-4-6-15/h9H,4-8,15H2,1-3H3,(H,16,19)(H,17,18,20). The first-order chi connectivity index (χ1) is 9.82. The predicted octanol–water partition coefficient (Wildman–Crippen LogP) is 1.53. The minimum atomic E-state index is -0.466. The molecule has 0 saturated heterocycles. The molecule has 0 radical (unpaired) electrons. The van der Waals surface area contributed by atoms with Crippen LogP contribution in [-0.2, 0) is 16.0 Å². The summed E-state index contributed by atoms with van der Waals surface area (Å²) in [7, 11) is 0. The Morgan fingerprint density at radius 3 is 2.67 bits per heavy atom. The zero-order valence-electron chi connectivity index (χ0n) is 12.9. The van der Waals surface area contributed by atoms with Gasteiger partial charge in [-0.1, -0.05) is 20.8 Å². The Morgan fingerprint density at radius 2 is 2.05 bits per heavy atom. The lowest BCUT2D eigenvalue weighted by molar-refractivity contribution is -0.123. The number of carbonyl (C=O) groups excluding carboxylic acids is 2. The van der Waals surface area contributed by atoms with Crippen molar-refractivity contribution in [3.63, 3.8) is 0 Å². The first-order valence-electron chi connectivity index (χ1n) is 7.05. The highest BCUT2D eigenvalue weighted by molar-refractivity contribution is 7.13. The van der Waals surface area contributed by atoms with Gasteiger partial charge in [0.2, 0.25) is 11.8 Å². The second kappa shape index (κ2) is 8.09. The van der Waals surface area contributed by atoms with Gasteiger partial charge in [-0.25, -0.2) is 4.98 Å². The number of nitrogens with one attached hydrogen (secondary N) is 2. The summed E-state index contributed by atoms with van der Waals surface area (Å²) >= 11 is 1.33. The van der Waals surface area contributed by atoms with Gasteiger partial charge < -0.3 is 16.4 Å². The van der Waals surface area contributed by atoms with Crippen LogP contribution < -0.4 is 16.4 Å². The zero-order valence-corrected chi connectivity index (χ0v) is 13.7. The molecule has 0 spiro atoms. The normalized spacial score (nSPS) is 11.2. The van der Waals surface area contributed by atoms with Crippen molar-refractivity contribution in [3.8, 4) is 0 Å². The van der Waals surface area contributed by atoms with Crippen LogP contribution in [0.1, 0.15) is 39.3 Å². The molecule has 0 saturated carbocycles. The molecular formula is C14H24N4O2S. The Kier molecular flexibility index (Phi) is 6.77. The Balaban J connectivity index is 2.41. The van der Waals surface area contributed by atoms with Gasteiger partial charge in [-0.3, -0.25) is 9.59 Å². The van der Waals surface area contributed by atoms with Crippen LogP contribution >= 0.6 is 11.3 Å². The SMILES string of the molecule is CC(C)(C)C(=O)Nc1nc(CC(=O)NCCCCN)cs1. The minimum absolute atomic E-state index is 0.0639. The number of nitrogens with two attached hydrogens (primary N) is 1. The Morgan fingerprint density at radius 1 is 1.33 bits per heavy atom. The quantitative estimate of drug-likeness (QED) is 0.665. The van der Waals surface area contributed by atoms with Crippen molar-refractivity contribution < 1.29 is 9.59 Å². The van der Waals surface area contributed by atoms with Crippen LogP contribution in [0.15, 0.2) is 5.38 Å². The number of carbonyl (C=O) groups is 2. The summed E-state index contributed by atoms with van der Waals surface area (Å²) < 4.78 is 0. The molecule has 4 N–H and O–H groups in total. The molecule has 0 aliphatic heterocycles. The number of aromatic nitrogens is 1. The Labute approximate surface area is 129 Å². The summed E-state index contributed by atoms with van der Waals surface area (Å²) in [5.74, 6) is -0.152. The summed E-state index contributed by atoms with van der Waals surface area (Å²) in [4.78, 5) is 27.8. The van der Waals surface area contributed by atoms with E-state index in [4.69, 9.17) is 5.73 Å². The largest absolute Gasteiger partial charge is 0.356 e. The van der Waals surface area contributed by atoms with Crippen molar-refractivity contribution >= 4 is 28.3 Å². The van der Waals surface area contributed by atoms with Crippen molar-refractivity contribution in [2.24, 2.45) is 11.1 Å². The molecule has 2 amide bonds. The number of thiazole rings is 1. The number of hydrogen-bond donors (Lipinski definition) is 3. The predicted molar refractivity (Wildman–Crippen MR) is 85.2 cm³/mol. The van der Waals surface area contributed by atoms with Crippen LogP contribution in [0.4, 0.5) is 5.13 Å². The second-order valence-corrected chi connectivity index (χ2v) is 6.73. The van der Waals surface area contributed by atoms with E-state index in [0.717, 1.165) is 12.8 Å². The molecule has 1 aromatic heterocycles. The van der Waals surface area contributed by atoms with Gasteiger partial charge in [0.25, 0.3) is 0 Å². The van der Waals surface area contributed by atoms with E-state index >= 15 is 0 Å². The van der Waals surface area contributed by atoms with Crippen molar-refractivity contribution in [1.82, 2.24) is 10.3 Å². The maximum atomic E-state index is 11.8. The van der Waals surface area contributed by atoms with E-state index in [2.05, 4.69) is 15.6 Å². The van der Waals surface area contributed by atoms with E-state index in [1.54, 1.807) is 5.38 Å². The van der Waals surface area contributed by atoms with Gasteiger partial charge in [-0.2, -0.15) is 0 Å². The van der Waals surface area contributed by atoms with E-state index in [9.17, 15) is 9.59 Å². The molecule has 0 unspecified atom stereocenters. The molecular weight excluding hydrogens is 288 g/mol. The second-order valence-electron chi connectivity index (χ2n) is 5.87. The third kappa shape index (κ3) is 6.68. The highest BCUT2D eigenvalue weighted by Gasteiger charge is 2.22. The fraction of sp³-hybridized carbons (Fsp3) is 0.643. The van der Waals surface area contributed by atoms with Crippen LogP contribution in [0, 0.1) is 5.41 Å². The van der Waals surface area contributed by atoms with Crippen molar-refractivity contribution in [2.45, 2.75) is 40.0 Å². The zero-order chi connectivity index (χ0) is 15.9. The van der Waals surface area contributed by atoms with Gasteiger partial charge in [0.15, 0.2) is 5.13 Å². The van der Waals surface area contributed by atoms with Gasteiger partial charge in [-0.05, 0) is 19.4 Å². The number of rotatable bonds is 7. The fourth-order valence-corrected chi connectivity index (χ4v) is 2.16. The summed E-state index contributed by atoms with van der Waals surface area (Å²) in [5.41, 5.74) is 5.59. The van der Waals surface area contributed by atoms with E-state index in [-0.39, 0.29) is 18.2 Å². The molecule has 118 valence electrons. The average Bonchev–Trinajstić information content (AvgIpc) is 2.81. The third-order valence-corrected chi connectivity index (χ3v) is 3.55. The molecule has 0 atom stereocenters. The lowest BCUT2D eigenvalue weighted by atomic mass is 9.96. The molecule has 1 heterocycles. The molecule has 1 aromatic rings. The van der Waals surface area contributed by atoms with E-state index in [1.807, 2.05) is 20.8 Å². The number of hydrogen-bond acceptors (Lipinski definition) is 5. The molecule has 1 rings (SSSR count). The van der Waals surface area contributed by atoms with Gasteiger partial charge in [0.05, 0.1) is 12.1 Å². The molecule has 0 fully saturated rings. The fourth-order valence-electron chi connectivity index (χ4n) is 1.45. The van der Waals surface area contributed by atoms with E-state index in [0.29, 0.717) is 23.9 Å². The summed E-state index contributed by atoms with van der Waals surface area (Å²) in [6.07, 6.45) is 2.01. The van der Waals surface area contributed by atoms with Gasteiger partial charge in [0.1, 0.15) is 0 Å². The van der Waals surface area contributed by atoms with Crippen LogP contribution in [0.5, 0.6) is 0 Å². The maximum Gasteiger partial charge on any atom is 0.231 e. The summed E-state index contributed by atoms with van der Waals surface area (Å²) in [6.45, 7) is 6.79. The smallest absolute Gasteiger partial charge is 0.231 e. The number of nitrogens with zero attached hydrogens (tertiary/aromatic N) is 1.